The van der Waals surface area contributed by atoms with Crippen molar-refractivity contribution in [3.63, 3.8) is 0 Å². The molecule has 1 N–H and O–H groups in total. The molecule has 184 valence electrons. The lowest BCUT2D eigenvalue weighted by atomic mass is 9.94. The summed E-state index contributed by atoms with van der Waals surface area (Å²) in [6.07, 6.45) is -1.23. The molecule has 2 aliphatic rings. The molecule has 2 atom stereocenters. The van der Waals surface area contributed by atoms with Gasteiger partial charge in [-0.2, -0.15) is 17.6 Å². The first kappa shape index (κ1) is 23.5. The normalized spacial score (nSPS) is 21.8. The van der Waals surface area contributed by atoms with E-state index in [1.54, 1.807) is 19.1 Å². The average molecular weight is 488 g/mol. The van der Waals surface area contributed by atoms with Crippen molar-refractivity contribution in [2.45, 2.75) is 37.9 Å². The Morgan fingerprint density at radius 1 is 1.09 bits per heavy atom. The Bertz CT molecular complexity index is 1380. The molecule has 5 rings (SSSR count). The van der Waals surface area contributed by atoms with Crippen LogP contribution in [-0.2, 0) is 18.1 Å². The van der Waals surface area contributed by atoms with Crippen molar-refractivity contribution in [2.75, 3.05) is 19.6 Å². The molecular formula is C25H24F4N4O2. The van der Waals surface area contributed by atoms with Gasteiger partial charge in [0.25, 0.3) is 5.56 Å². The number of piperidine rings is 1. The summed E-state index contributed by atoms with van der Waals surface area (Å²) in [6, 6.07) is 8.14. The predicted molar refractivity (Wildman–Crippen MR) is 122 cm³/mol. The van der Waals surface area contributed by atoms with Crippen molar-refractivity contribution in [3.8, 4) is 11.1 Å². The third kappa shape index (κ3) is 4.42. The molecule has 35 heavy (non-hydrogen) atoms. The quantitative estimate of drug-likeness (QED) is 0.424. The van der Waals surface area contributed by atoms with Gasteiger partial charge in [0.05, 0.1) is 11.1 Å². The van der Waals surface area contributed by atoms with E-state index < -0.39 is 28.9 Å². The van der Waals surface area contributed by atoms with Gasteiger partial charge in [-0.05, 0) is 62.1 Å². The average Bonchev–Trinajstić information content (AvgIpc) is 3.36. The summed E-state index contributed by atoms with van der Waals surface area (Å²) in [5.74, 6) is -0.218. The molecule has 2 fully saturated rings. The number of pyridine rings is 1. The third-order valence-electron chi connectivity index (χ3n) is 7.23. The summed E-state index contributed by atoms with van der Waals surface area (Å²) in [5.41, 5.74) is 0.213. The van der Waals surface area contributed by atoms with Crippen LogP contribution in [0.15, 0.2) is 52.2 Å². The van der Waals surface area contributed by atoms with Crippen LogP contribution in [0.3, 0.4) is 0 Å². The van der Waals surface area contributed by atoms with E-state index in [9.17, 15) is 27.2 Å². The molecule has 1 aliphatic heterocycles. The SMILES string of the molecule is Cc1nc(F)ccc1-c1cn(CCCN2C[C@@H]3C[C@]3(c3ccc(C(F)(F)F)cc3)C2)c(=O)[nH]c1=O. The minimum Gasteiger partial charge on any atom is -0.302 e. The van der Waals surface area contributed by atoms with E-state index in [0.29, 0.717) is 30.1 Å². The Kier molecular flexibility index (Phi) is 5.66. The van der Waals surface area contributed by atoms with E-state index in [-0.39, 0.29) is 11.0 Å². The van der Waals surface area contributed by atoms with Crippen LogP contribution in [-0.4, -0.2) is 39.1 Å². The molecule has 1 saturated carbocycles. The Labute approximate surface area is 198 Å². The van der Waals surface area contributed by atoms with E-state index in [1.807, 2.05) is 0 Å². The van der Waals surface area contributed by atoms with E-state index in [0.717, 1.165) is 43.8 Å². The van der Waals surface area contributed by atoms with Crippen molar-refractivity contribution in [1.82, 2.24) is 19.4 Å². The summed E-state index contributed by atoms with van der Waals surface area (Å²) in [7, 11) is 0. The molecule has 0 spiro atoms. The highest BCUT2D eigenvalue weighted by molar-refractivity contribution is 5.63. The minimum absolute atomic E-state index is 0.0841. The first-order chi connectivity index (χ1) is 16.6. The summed E-state index contributed by atoms with van der Waals surface area (Å²) in [6.45, 7) is 4.34. The van der Waals surface area contributed by atoms with Crippen molar-refractivity contribution >= 4 is 0 Å². The summed E-state index contributed by atoms with van der Waals surface area (Å²) in [5, 5.41) is 0. The lowest BCUT2D eigenvalue weighted by Gasteiger charge is -2.21. The van der Waals surface area contributed by atoms with Crippen LogP contribution in [0.4, 0.5) is 17.6 Å². The highest BCUT2D eigenvalue weighted by Gasteiger charge is 2.60. The smallest absolute Gasteiger partial charge is 0.302 e. The number of hydrogen-bond acceptors (Lipinski definition) is 4. The molecule has 10 heteroatoms. The summed E-state index contributed by atoms with van der Waals surface area (Å²) in [4.78, 5) is 33.0. The molecule has 0 unspecified atom stereocenters. The third-order valence-corrected chi connectivity index (χ3v) is 7.23. The fourth-order valence-corrected chi connectivity index (χ4v) is 5.34. The van der Waals surface area contributed by atoms with E-state index >= 15 is 0 Å². The first-order valence-electron chi connectivity index (χ1n) is 11.4. The van der Waals surface area contributed by atoms with Crippen molar-refractivity contribution in [1.29, 1.82) is 0 Å². The van der Waals surface area contributed by atoms with Gasteiger partial charge >= 0.3 is 11.9 Å². The largest absolute Gasteiger partial charge is 0.416 e. The Balaban J connectivity index is 1.24. The number of aromatic amines is 1. The standard InChI is InChI=1S/C25H24F4N4O2/c1-15-19(7-8-21(26)30-15)20-13-33(23(35)31-22(20)34)10-2-9-32-12-18-11-24(18,14-32)16-3-5-17(6-4-16)25(27,28)29/h3-8,13,18H,2,9-12,14H2,1H3,(H,31,34,35)/t18-,24+/m0/s1. The molecule has 1 aliphatic carbocycles. The maximum atomic E-state index is 13.4. The molecule has 1 aromatic carbocycles. The highest BCUT2D eigenvalue weighted by atomic mass is 19.4. The number of halogens is 4. The number of benzene rings is 1. The predicted octanol–water partition coefficient (Wildman–Crippen LogP) is 3.73. The summed E-state index contributed by atoms with van der Waals surface area (Å²) < 4.78 is 53.4. The monoisotopic (exact) mass is 488 g/mol. The second-order valence-electron chi connectivity index (χ2n) is 9.48. The molecule has 3 heterocycles. The van der Waals surface area contributed by atoms with Gasteiger partial charge in [0.1, 0.15) is 0 Å². The minimum atomic E-state index is -4.34. The van der Waals surface area contributed by atoms with Crippen molar-refractivity contribution in [2.24, 2.45) is 5.92 Å². The van der Waals surface area contributed by atoms with Crippen LogP contribution in [0.5, 0.6) is 0 Å². The van der Waals surface area contributed by atoms with E-state index in [1.165, 1.54) is 22.9 Å². The number of nitrogens with zero attached hydrogens (tertiary/aromatic N) is 3. The van der Waals surface area contributed by atoms with Gasteiger partial charge in [-0.15, -0.1) is 0 Å². The number of likely N-dealkylation sites (tertiary alicyclic amines) is 1. The zero-order chi connectivity index (χ0) is 25.0. The van der Waals surface area contributed by atoms with E-state index in [4.69, 9.17) is 0 Å². The van der Waals surface area contributed by atoms with Crippen LogP contribution in [0.1, 0.15) is 29.7 Å². The van der Waals surface area contributed by atoms with Gasteiger partial charge in [0, 0.05) is 42.5 Å². The highest BCUT2D eigenvalue weighted by Crippen LogP contribution is 2.59. The number of rotatable bonds is 6. The van der Waals surface area contributed by atoms with Gasteiger partial charge in [0.2, 0.25) is 5.95 Å². The van der Waals surface area contributed by atoms with Crippen molar-refractivity contribution in [3.05, 3.63) is 86.2 Å². The van der Waals surface area contributed by atoms with Crippen LogP contribution in [0, 0.1) is 18.8 Å². The number of nitrogens with one attached hydrogen (secondary N) is 1. The Morgan fingerprint density at radius 3 is 2.51 bits per heavy atom. The van der Waals surface area contributed by atoms with E-state index in [2.05, 4.69) is 14.9 Å². The maximum absolute atomic E-state index is 13.4. The van der Waals surface area contributed by atoms with Gasteiger partial charge in [-0.25, -0.2) is 9.78 Å². The number of alkyl halides is 3. The topological polar surface area (TPSA) is 71.0 Å². The van der Waals surface area contributed by atoms with Crippen LogP contribution >= 0.6 is 0 Å². The number of hydrogen-bond donors (Lipinski definition) is 1. The van der Waals surface area contributed by atoms with Crippen LogP contribution < -0.4 is 11.2 Å². The molecular weight excluding hydrogens is 464 g/mol. The number of aryl methyl sites for hydroxylation is 2. The number of aromatic nitrogens is 3. The first-order valence-corrected chi connectivity index (χ1v) is 11.4. The molecule has 6 nitrogen and oxygen atoms in total. The Morgan fingerprint density at radius 2 is 1.83 bits per heavy atom. The Hall–Kier alpha value is -3.27. The van der Waals surface area contributed by atoms with Gasteiger partial charge in [-0.1, -0.05) is 12.1 Å². The molecule has 0 amide bonds. The fourth-order valence-electron chi connectivity index (χ4n) is 5.34. The number of H-pyrrole nitrogens is 1. The van der Waals surface area contributed by atoms with Gasteiger partial charge in [-0.3, -0.25) is 14.3 Å². The summed E-state index contributed by atoms with van der Waals surface area (Å²) >= 11 is 0. The van der Waals surface area contributed by atoms with Crippen molar-refractivity contribution < 1.29 is 17.6 Å². The molecule has 3 aromatic rings. The second-order valence-corrected chi connectivity index (χ2v) is 9.48. The lowest BCUT2D eigenvalue weighted by Crippen LogP contribution is -2.32. The van der Waals surface area contributed by atoms with Crippen LogP contribution in [0.25, 0.3) is 11.1 Å². The molecule has 1 saturated heterocycles. The fraction of sp³-hybridized carbons (Fsp3) is 0.400. The maximum Gasteiger partial charge on any atom is 0.416 e. The van der Waals surface area contributed by atoms with Crippen LogP contribution in [0.2, 0.25) is 0 Å². The lowest BCUT2D eigenvalue weighted by molar-refractivity contribution is -0.137. The molecule has 2 aromatic heterocycles. The zero-order valence-electron chi connectivity index (χ0n) is 19.0. The number of fused-ring (bicyclic) bond motifs is 1. The van der Waals surface area contributed by atoms with Gasteiger partial charge in [0.15, 0.2) is 0 Å². The second kappa shape index (κ2) is 8.44. The van der Waals surface area contributed by atoms with Gasteiger partial charge < -0.3 is 4.90 Å². The zero-order valence-corrected chi connectivity index (χ0v) is 19.0. The molecule has 0 radical (unpaired) electrons. The molecule has 0 bridgehead atoms.